The van der Waals surface area contributed by atoms with E-state index in [-0.39, 0.29) is 0 Å². The Hall–Kier alpha value is -0.995. The van der Waals surface area contributed by atoms with Crippen LogP contribution in [0.15, 0.2) is 24.3 Å². The number of rotatable bonds is 4. The Morgan fingerprint density at radius 1 is 1.20 bits per heavy atom. The maximum atomic E-state index is 8.96. The van der Waals surface area contributed by atoms with Crippen LogP contribution in [-0.2, 0) is 0 Å². The van der Waals surface area contributed by atoms with Crippen LogP contribution >= 0.6 is 0 Å². The Morgan fingerprint density at radius 3 is 2.07 bits per heavy atom. The van der Waals surface area contributed by atoms with Gasteiger partial charge in [0.05, 0.1) is 0 Å². The molecule has 0 amide bonds. The van der Waals surface area contributed by atoms with E-state index in [0.717, 1.165) is 12.2 Å². The first-order valence-corrected chi connectivity index (χ1v) is 5.29. The molecule has 1 aromatic rings. The van der Waals surface area contributed by atoms with Crippen LogP contribution < -0.4 is 10.4 Å². The minimum Gasteiger partial charge on any atom is -0.423 e. The molecule has 15 heavy (non-hydrogen) atoms. The monoisotopic (exact) mass is 207 g/mol. The van der Waals surface area contributed by atoms with Gasteiger partial charge in [-0.05, 0) is 38.4 Å². The number of hydrogen-bond acceptors (Lipinski definition) is 3. The highest BCUT2D eigenvalue weighted by Gasteiger charge is 2.12. The van der Waals surface area contributed by atoms with Crippen molar-refractivity contribution in [3.63, 3.8) is 0 Å². The molecule has 0 aliphatic carbocycles. The lowest BCUT2D eigenvalue weighted by molar-refractivity contribution is 0.426. The van der Waals surface area contributed by atoms with E-state index >= 15 is 0 Å². The summed E-state index contributed by atoms with van der Waals surface area (Å²) in [4.78, 5) is 2.24. The zero-order valence-corrected chi connectivity index (χ0v) is 9.51. The van der Waals surface area contributed by atoms with Gasteiger partial charge in [0, 0.05) is 18.3 Å². The normalized spacial score (nSPS) is 10.5. The molecule has 4 heteroatoms. The second-order valence-corrected chi connectivity index (χ2v) is 3.84. The van der Waals surface area contributed by atoms with Crippen molar-refractivity contribution in [3.8, 4) is 0 Å². The van der Waals surface area contributed by atoms with Gasteiger partial charge in [0.25, 0.3) is 0 Å². The van der Waals surface area contributed by atoms with Gasteiger partial charge >= 0.3 is 7.12 Å². The van der Waals surface area contributed by atoms with Gasteiger partial charge < -0.3 is 14.9 Å². The molecule has 0 aliphatic heterocycles. The van der Waals surface area contributed by atoms with Crippen LogP contribution in [0.25, 0.3) is 0 Å². The fraction of sp³-hybridized carbons (Fsp3) is 0.455. The fourth-order valence-corrected chi connectivity index (χ4v) is 1.68. The van der Waals surface area contributed by atoms with Gasteiger partial charge in [0.15, 0.2) is 0 Å². The Kier molecular flexibility index (Phi) is 4.18. The highest BCUT2D eigenvalue weighted by atomic mass is 16.4. The number of anilines is 1. The number of benzene rings is 1. The van der Waals surface area contributed by atoms with Crippen molar-refractivity contribution in [2.45, 2.75) is 26.8 Å². The molecule has 0 saturated carbocycles. The van der Waals surface area contributed by atoms with E-state index in [0.29, 0.717) is 11.5 Å². The van der Waals surface area contributed by atoms with Gasteiger partial charge in [-0.3, -0.25) is 0 Å². The third-order valence-electron chi connectivity index (χ3n) is 2.49. The van der Waals surface area contributed by atoms with E-state index in [1.54, 1.807) is 12.1 Å². The van der Waals surface area contributed by atoms with Crippen LogP contribution in [0.1, 0.15) is 20.8 Å². The smallest absolute Gasteiger partial charge is 0.423 e. The van der Waals surface area contributed by atoms with E-state index in [1.807, 2.05) is 12.1 Å². The molecule has 0 bridgehead atoms. The van der Waals surface area contributed by atoms with Crippen molar-refractivity contribution >= 4 is 18.3 Å². The summed E-state index contributed by atoms with van der Waals surface area (Å²) in [5, 5.41) is 17.9. The van der Waals surface area contributed by atoms with Crippen LogP contribution in [-0.4, -0.2) is 29.8 Å². The van der Waals surface area contributed by atoms with Crippen LogP contribution in [0.5, 0.6) is 0 Å². The molecule has 0 fully saturated rings. The molecule has 82 valence electrons. The van der Waals surface area contributed by atoms with Gasteiger partial charge in [0.1, 0.15) is 0 Å². The zero-order valence-electron chi connectivity index (χ0n) is 9.51. The summed E-state index contributed by atoms with van der Waals surface area (Å²) >= 11 is 0. The molecular weight excluding hydrogens is 189 g/mol. The topological polar surface area (TPSA) is 43.7 Å². The number of hydrogen-bond donors (Lipinski definition) is 2. The first-order valence-electron chi connectivity index (χ1n) is 5.29. The Labute approximate surface area is 91.5 Å². The van der Waals surface area contributed by atoms with E-state index in [2.05, 4.69) is 25.7 Å². The van der Waals surface area contributed by atoms with E-state index in [9.17, 15) is 0 Å². The predicted octanol–water partition coefficient (Wildman–Crippen LogP) is 0.601. The lowest BCUT2D eigenvalue weighted by Gasteiger charge is -2.27. The van der Waals surface area contributed by atoms with Gasteiger partial charge in [-0.2, -0.15) is 0 Å². The van der Waals surface area contributed by atoms with Crippen LogP contribution in [0.2, 0.25) is 0 Å². The summed E-state index contributed by atoms with van der Waals surface area (Å²) in [5.41, 5.74) is 1.63. The average molecular weight is 207 g/mol. The lowest BCUT2D eigenvalue weighted by Crippen LogP contribution is -2.32. The molecule has 1 aromatic carbocycles. The standard InChI is InChI=1S/C11H18BNO2/c1-4-13(9(2)3)11-7-5-10(6-8-11)12(14)15/h5-9,14-15H,4H2,1-3H3. The molecule has 0 spiro atoms. The molecule has 0 saturated heterocycles. The molecule has 2 N–H and O–H groups in total. The van der Waals surface area contributed by atoms with Crippen molar-refractivity contribution in [1.82, 2.24) is 0 Å². The number of nitrogens with zero attached hydrogens (tertiary/aromatic N) is 1. The summed E-state index contributed by atoms with van der Waals surface area (Å²) < 4.78 is 0. The van der Waals surface area contributed by atoms with Gasteiger partial charge in [-0.15, -0.1) is 0 Å². The van der Waals surface area contributed by atoms with Crippen LogP contribution in [0.4, 0.5) is 5.69 Å². The maximum absolute atomic E-state index is 8.96. The van der Waals surface area contributed by atoms with Crippen molar-refractivity contribution in [2.75, 3.05) is 11.4 Å². The van der Waals surface area contributed by atoms with Crippen LogP contribution in [0, 0.1) is 0 Å². The Bertz CT molecular complexity index is 298. The molecular formula is C11H18BNO2. The third-order valence-corrected chi connectivity index (χ3v) is 2.49. The summed E-state index contributed by atoms with van der Waals surface area (Å²) in [7, 11) is -1.38. The van der Waals surface area contributed by atoms with Crippen molar-refractivity contribution in [1.29, 1.82) is 0 Å². The largest absolute Gasteiger partial charge is 0.488 e. The summed E-state index contributed by atoms with van der Waals surface area (Å²) in [6.07, 6.45) is 0. The van der Waals surface area contributed by atoms with Gasteiger partial charge in [-0.1, -0.05) is 12.1 Å². The van der Waals surface area contributed by atoms with Crippen LogP contribution in [0.3, 0.4) is 0 Å². The predicted molar refractivity (Wildman–Crippen MR) is 64.4 cm³/mol. The zero-order chi connectivity index (χ0) is 11.4. The molecule has 0 atom stereocenters. The molecule has 0 radical (unpaired) electrons. The van der Waals surface area contributed by atoms with Gasteiger partial charge in [0.2, 0.25) is 0 Å². The Balaban J connectivity index is 2.87. The molecule has 0 unspecified atom stereocenters. The highest BCUT2D eigenvalue weighted by molar-refractivity contribution is 6.58. The maximum Gasteiger partial charge on any atom is 0.488 e. The fourth-order valence-electron chi connectivity index (χ4n) is 1.68. The lowest BCUT2D eigenvalue weighted by atomic mass is 9.80. The molecule has 1 rings (SSSR count). The van der Waals surface area contributed by atoms with E-state index < -0.39 is 7.12 Å². The van der Waals surface area contributed by atoms with Gasteiger partial charge in [-0.25, -0.2) is 0 Å². The first-order chi connectivity index (χ1) is 7.06. The average Bonchev–Trinajstić information content (AvgIpc) is 2.19. The highest BCUT2D eigenvalue weighted by Crippen LogP contribution is 2.14. The summed E-state index contributed by atoms with van der Waals surface area (Å²) in [5.74, 6) is 0. The molecule has 3 nitrogen and oxygen atoms in total. The molecule has 0 aromatic heterocycles. The van der Waals surface area contributed by atoms with Crippen molar-refractivity contribution in [3.05, 3.63) is 24.3 Å². The second kappa shape index (κ2) is 5.19. The summed E-state index contributed by atoms with van der Waals surface area (Å²) in [6, 6.07) is 7.76. The molecule has 0 aliphatic rings. The third kappa shape index (κ3) is 2.98. The quantitative estimate of drug-likeness (QED) is 0.710. The minimum absolute atomic E-state index is 0.444. The van der Waals surface area contributed by atoms with Crippen molar-refractivity contribution < 1.29 is 10.0 Å². The Morgan fingerprint density at radius 2 is 1.73 bits per heavy atom. The molecule has 0 heterocycles. The SMILES string of the molecule is CCN(c1ccc(B(O)O)cc1)C(C)C. The first kappa shape index (κ1) is 12.1. The van der Waals surface area contributed by atoms with E-state index in [1.165, 1.54) is 0 Å². The van der Waals surface area contributed by atoms with E-state index in [4.69, 9.17) is 10.0 Å². The summed E-state index contributed by atoms with van der Waals surface area (Å²) in [6.45, 7) is 7.32. The van der Waals surface area contributed by atoms with Crippen molar-refractivity contribution in [2.24, 2.45) is 0 Å². The minimum atomic E-state index is -1.38. The second-order valence-electron chi connectivity index (χ2n) is 3.84.